The van der Waals surface area contributed by atoms with Gasteiger partial charge in [-0.25, -0.2) is 0 Å². The zero-order valence-electron chi connectivity index (χ0n) is 14.0. The lowest BCUT2D eigenvalue weighted by Crippen LogP contribution is -2.33. The summed E-state index contributed by atoms with van der Waals surface area (Å²) in [5.41, 5.74) is 0.682. The zero-order chi connectivity index (χ0) is 18.4. The third-order valence-corrected chi connectivity index (χ3v) is 4.78. The Morgan fingerprint density at radius 2 is 2.08 bits per heavy atom. The van der Waals surface area contributed by atoms with Crippen LogP contribution in [0, 0.1) is 10.1 Å². The molecule has 1 heterocycles. The van der Waals surface area contributed by atoms with Gasteiger partial charge in [-0.3, -0.25) is 19.7 Å². The van der Waals surface area contributed by atoms with Crippen molar-refractivity contribution in [2.24, 2.45) is 0 Å². The Bertz CT molecular complexity index is 761. The Hall–Kier alpha value is -2.74. The number of nitro benzene ring substituents is 1. The lowest BCUT2D eigenvalue weighted by molar-refractivity contribution is -0.384. The van der Waals surface area contributed by atoms with Crippen molar-refractivity contribution >= 4 is 28.8 Å². The molecule has 2 amide bonds. The first-order valence-corrected chi connectivity index (χ1v) is 8.60. The van der Waals surface area contributed by atoms with E-state index in [1.807, 2.05) is 5.38 Å². The van der Waals surface area contributed by atoms with Crippen LogP contribution in [-0.4, -0.2) is 35.2 Å². The maximum atomic E-state index is 12.3. The first-order valence-electron chi connectivity index (χ1n) is 7.72. The van der Waals surface area contributed by atoms with E-state index in [1.165, 1.54) is 28.4 Å². The first kappa shape index (κ1) is 18.6. The lowest BCUT2D eigenvalue weighted by Gasteiger charge is -2.25. The van der Waals surface area contributed by atoms with Gasteiger partial charge in [0.15, 0.2) is 0 Å². The van der Waals surface area contributed by atoms with Gasteiger partial charge in [0.05, 0.1) is 15.8 Å². The predicted molar refractivity (Wildman–Crippen MR) is 95.6 cm³/mol. The highest BCUT2D eigenvalue weighted by atomic mass is 32.1. The molecule has 1 N–H and O–H groups in total. The van der Waals surface area contributed by atoms with Gasteiger partial charge in [0.2, 0.25) is 5.91 Å². The average Bonchev–Trinajstić information content (AvgIpc) is 3.15. The van der Waals surface area contributed by atoms with Crippen molar-refractivity contribution < 1.29 is 14.5 Å². The standard InChI is InChI=1S/C17H19N3O4S/c1-12(13-5-3-6-14(11-13)20(23)24)19(2)16(21)8-9-18-17(22)15-7-4-10-25-15/h3-7,10-12H,8-9H2,1-2H3,(H,18,22). The third kappa shape index (κ3) is 4.87. The molecule has 25 heavy (non-hydrogen) atoms. The number of rotatable bonds is 7. The fourth-order valence-electron chi connectivity index (χ4n) is 2.29. The van der Waals surface area contributed by atoms with Gasteiger partial charge in [-0.1, -0.05) is 18.2 Å². The Balaban J connectivity index is 1.89. The van der Waals surface area contributed by atoms with Crippen LogP contribution >= 0.6 is 11.3 Å². The van der Waals surface area contributed by atoms with E-state index in [-0.39, 0.29) is 36.5 Å². The number of benzene rings is 1. The summed E-state index contributed by atoms with van der Waals surface area (Å²) in [7, 11) is 1.65. The maximum absolute atomic E-state index is 12.3. The molecular formula is C17H19N3O4S. The fourth-order valence-corrected chi connectivity index (χ4v) is 2.93. The van der Waals surface area contributed by atoms with Crippen molar-refractivity contribution in [1.29, 1.82) is 0 Å². The molecule has 1 aromatic carbocycles. The van der Waals surface area contributed by atoms with Gasteiger partial charge in [0, 0.05) is 32.1 Å². The van der Waals surface area contributed by atoms with Crippen LogP contribution < -0.4 is 5.32 Å². The smallest absolute Gasteiger partial charge is 0.269 e. The van der Waals surface area contributed by atoms with Crippen molar-refractivity contribution in [3.05, 3.63) is 62.3 Å². The molecule has 0 spiro atoms. The summed E-state index contributed by atoms with van der Waals surface area (Å²) in [6.07, 6.45) is 0.160. The molecule has 0 aliphatic rings. The summed E-state index contributed by atoms with van der Waals surface area (Å²) in [4.78, 5) is 36.6. The van der Waals surface area contributed by atoms with E-state index in [0.29, 0.717) is 10.4 Å². The number of hydrogen-bond donors (Lipinski definition) is 1. The van der Waals surface area contributed by atoms with E-state index < -0.39 is 4.92 Å². The Labute approximate surface area is 149 Å². The molecule has 0 fully saturated rings. The van der Waals surface area contributed by atoms with E-state index in [2.05, 4.69) is 5.32 Å². The van der Waals surface area contributed by atoms with Crippen LogP contribution in [0.4, 0.5) is 5.69 Å². The second-order valence-electron chi connectivity index (χ2n) is 5.52. The topological polar surface area (TPSA) is 92.6 Å². The summed E-state index contributed by atoms with van der Waals surface area (Å²) in [5.74, 6) is -0.345. The molecule has 1 aromatic heterocycles. The maximum Gasteiger partial charge on any atom is 0.269 e. The van der Waals surface area contributed by atoms with Gasteiger partial charge >= 0.3 is 0 Å². The van der Waals surface area contributed by atoms with Gasteiger partial charge < -0.3 is 10.2 Å². The molecule has 0 saturated heterocycles. The minimum absolute atomic E-state index is 0.00610. The van der Waals surface area contributed by atoms with Crippen molar-refractivity contribution in [2.75, 3.05) is 13.6 Å². The summed E-state index contributed by atoms with van der Waals surface area (Å²) in [6.45, 7) is 2.04. The number of nitrogens with one attached hydrogen (secondary N) is 1. The fraction of sp³-hybridized carbons (Fsp3) is 0.294. The molecule has 0 saturated carbocycles. The van der Waals surface area contributed by atoms with Crippen LogP contribution in [0.2, 0.25) is 0 Å². The largest absolute Gasteiger partial charge is 0.351 e. The van der Waals surface area contributed by atoms with Gasteiger partial charge in [-0.05, 0) is 23.9 Å². The van der Waals surface area contributed by atoms with Crippen LogP contribution in [0.15, 0.2) is 41.8 Å². The monoisotopic (exact) mass is 361 g/mol. The predicted octanol–water partition coefficient (Wildman–Crippen LogP) is 3.00. The molecule has 0 aliphatic heterocycles. The van der Waals surface area contributed by atoms with E-state index >= 15 is 0 Å². The quantitative estimate of drug-likeness (QED) is 0.606. The SMILES string of the molecule is CC(c1cccc([N+](=O)[O-])c1)N(C)C(=O)CCNC(=O)c1cccs1. The highest BCUT2D eigenvalue weighted by molar-refractivity contribution is 7.12. The number of nitrogens with zero attached hydrogens (tertiary/aromatic N) is 2. The normalized spacial score (nSPS) is 11.6. The highest BCUT2D eigenvalue weighted by Gasteiger charge is 2.19. The molecule has 132 valence electrons. The van der Waals surface area contributed by atoms with E-state index in [0.717, 1.165) is 0 Å². The van der Waals surface area contributed by atoms with E-state index in [9.17, 15) is 19.7 Å². The van der Waals surface area contributed by atoms with Gasteiger partial charge in [-0.2, -0.15) is 0 Å². The number of non-ortho nitro benzene ring substituents is 1. The number of carbonyl (C=O) groups excluding carboxylic acids is 2. The molecule has 0 aliphatic carbocycles. The molecule has 7 nitrogen and oxygen atoms in total. The zero-order valence-corrected chi connectivity index (χ0v) is 14.8. The second kappa shape index (κ2) is 8.39. The van der Waals surface area contributed by atoms with Crippen LogP contribution in [0.5, 0.6) is 0 Å². The van der Waals surface area contributed by atoms with Crippen LogP contribution in [0.1, 0.15) is 34.6 Å². The van der Waals surface area contributed by atoms with Crippen LogP contribution in [-0.2, 0) is 4.79 Å². The minimum atomic E-state index is -0.460. The average molecular weight is 361 g/mol. The summed E-state index contributed by atoms with van der Waals surface area (Å²) < 4.78 is 0. The molecule has 0 radical (unpaired) electrons. The number of thiophene rings is 1. The first-order chi connectivity index (χ1) is 11.9. The van der Waals surface area contributed by atoms with Crippen molar-refractivity contribution in [3.8, 4) is 0 Å². The van der Waals surface area contributed by atoms with Crippen molar-refractivity contribution in [3.63, 3.8) is 0 Å². The molecule has 1 atom stereocenters. The Morgan fingerprint density at radius 3 is 2.72 bits per heavy atom. The highest BCUT2D eigenvalue weighted by Crippen LogP contribution is 2.23. The van der Waals surface area contributed by atoms with Crippen molar-refractivity contribution in [2.45, 2.75) is 19.4 Å². The van der Waals surface area contributed by atoms with Crippen LogP contribution in [0.3, 0.4) is 0 Å². The summed E-state index contributed by atoms with van der Waals surface area (Å²) in [6, 6.07) is 9.44. The molecule has 8 heteroatoms. The Morgan fingerprint density at radius 1 is 1.32 bits per heavy atom. The van der Waals surface area contributed by atoms with E-state index in [4.69, 9.17) is 0 Å². The van der Waals surface area contributed by atoms with Gasteiger partial charge in [0.1, 0.15) is 0 Å². The Kier molecular flexibility index (Phi) is 6.24. The lowest BCUT2D eigenvalue weighted by atomic mass is 10.1. The number of nitro groups is 1. The second-order valence-corrected chi connectivity index (χ2v) is 6.46. The number of hydrogen-bond acceptors (Lipinski definition) is 5. The van der Waals surface area contributed by atoms with E-state index in [1.54, 1.807) is 38.2 Å². The minimum Gasteiger partial charge on any atom is -0.351 e. The number of carbonyl (C=O) groups is 2. The van der Waals surface area contributed by atoms with Crippen molar-refractivity contribution in [1.82, 2.24) is 10.2 Å². The summed E-state index contributed by atoms with van der Waals surface area (Å²) in [5, 5.41) is 15.4. The third-order valence-electron chi connectivity index (χ3n) is 3.91. The van der Waals surface area contributed by atoms with Gasteiger partial charge in [0.25, 0.3) is 11.6 Å². The molecule has 0 bridgehead atoms. The van der Waals surface area contributed by atoms with Crippen LogP contribution in [0.25, 0.3) is 0 Å². The molecular weight excluding hydrogens is 342 g/mol. The molecule has 1 unspecified atom stereocenters. The molecule has 2 rings (SSSR count). The molecule has 2 aromatic rings. The number of amides is 2. The van der Waals surface area contributed by atoms with Gasteiger partial charge in [-0.15, -0.1) is 11.3 Å². The summed E-state index contributed by atoms with van der Waals surface area (Å²) >= 11 is 1.34.